The van der Waals surface area contributed by atoms with Gasteiger partial charge in [0.05, 0.1) is 18.8 Å². The molecule has 0 unspecified atom stereocenters. The Hall–Kier alpha value is -4.31. The summed E-state index contributed by atoms with van der Waals surface area (Å²) in [6.07, 6.45) is 0. The van der Waals surface area contributed by atoms with E-state index in [1.54, 1.807) is 34.1 Å². The smallest absolute Gasteiger partial charge is 0.256 e. The van der Waals surface area contributed by atoms with Crippen LogP contribution in [0.3, 0.4) is 0 Å². The minimum atomic E-state index is -0.461. The largest absolute Gasteiger partial charge is 0.378 e. The topological polar surface area (TPSA) is 82.2 Å². The van der Waals surface area contributed by atoms with Crippen molar-refractivity contribution in [1.29, 1.82) is 0 Å². The second-order valence-corrected chi connectivity index (χ2v) is 9.39. The number of hydrogen-bond donors (Lipinski definition) is 1. The van der Waals surface area contributed by atoms with Crippen LogP contribution in [0.1, 0.15) is 31.1 Å². The molecule has 2 aliphatic rings. The zero-order valence-electron chi connectivity index (χ0n) is 21.2. The van der Waals surface area contributed by atoms with Crippen molar-refractivity contribution in [2.24, 2.45) is 0 Å². The van der Waals surface area contributed by atoms with Crippen LogP contribution in [-0.4, -0.2) is 80.0 Å². The Morgan fingerprint density at radius 3 is 2.08 bits per heavy atom. The van der Waals surface area contributed by atoms with Crippen LogP contribution in [0, 0.1) is 11.6 Å². The third kappa shape index (κ3) is 6.06. The maximum atomic E-state index is 13.6. The van der Waals surface area contributed by atoms with Gasteiger partial charge in [-0.05, 0) is 60.7 Å². The van der Waals surface area contributed by atoms with Crippen LogP contribution in [-0.2, 0) is 4.74 Å². The summed E-state index contributed by atoms with van der Waals surface area (Å²) in [5, 5.41) is 2.79. The summed E-state index contributed by atoms with van der Waals surface area (Å²) in [7, 11) is 0. The van der Waals surface area contributed by atoms with E-state index in [-0.39, 0.29) is 11.8 Å². The first-order valence-electron chi connectivity index (χ1n) is 12.8. The average Bonchev–Trinajstić information content (AvgIpc) is 2.97. The minimum Gasteiger partial charge on any atom is -0.378 e. The molecule has 10 heteroatoms. The molecule has 0 aliphatic carbocycles. The molecular formula is C29H28F2N4O4. The molecule has 2 aliphatic heterocycles. The average molecular weight is 535 g/mol. The van der Waals surface area contributed by atoms with Crippen molar-refractivity contribution in [1.82, 2.24) is 9.80 Å². The van der Waals surface area contributed by atoms with E-state index in [1.165, 1.54) is 42.5 Å². The highest BCUT2D eigenvalue weighted by Gasteiger charge is 2.28. The second kappa shape index (κ2) is 11.6. The van der Waals surface area contributed by atoms with Crippen LogP contribution in [0.2, 0.25) is 0 Å². The number of piperazine rings is 1. The molecule has 8 nitrogen and oxygen atoms in total. The van der Waals surface area contributed by atoms with Gasteiger partial charge in [0.2, 0.25) is 0 Å². The molecule has 2 heterocycles. The number of amides is 3. The molecule has 2 saturated heterocycles. The van der Waals surface area contributed by atoms with Gasteiger partial charge in [-0.2, -0.15) is 0 Å². The number of ether oxygens (including phenoxy) is 1. The van der Waals surface area contributed by atoms with E-state index < -0.39 is 17.5 Å². The first kappa shape index (κ1) is 26.3. The zero-order valence-corrected chi connectivity index (χ0v) is 21.2. The van der Waals surface area contributed by atoms with E-state index >= 15 is 0 Å². The fourth-order valence-electron chi connectivity index (χ4n) is 4.76. The Morgan fingerprint density at radius 1 is 0.692 bits per heavy atom. The summed E-state index contributed by atoms with van der Waals surface area (Å²) in [6.45, 7) is 3.58. The number of morpholine rings is 1. The number of benzene rings is 3. The number of halogens is 2. The zero-order chi connectivity index (χ0) is 27.4. The third-order valence-electron chi connectivity index (χ3n) is 6.87. The quantitative estimate of drug-likeness (QED) is 0.541. The highest BCUT2D eigenvalue weighted by molar-refractivity contribution is 6.06. The van der Waals surface area contributed by atoms with Gasteiger partial charge in [-0.25, -0.2) is 8.78 Å². The molecule has 3 aromatic carbocycles. The summed E-state index contributed by atoms with van der Waals surface area (Å²) in [5.74, 6) is -1.73. The molecule has 3 aromatic rings. The lowest BCUT2D eigenvalue weighted by Gasteiger charge is -2.37. The lowest BCUT2D eigenvalue weighted by atomic mass is 10.1. The van der Waals surface area contributed by atoms with E-state index in [2.05, 4.69) is 5.32 Å². The molecule has 0 aromatic heterocycles. The lowest BCUT2D eigenvalue weighted by Crippen LogP contribution is -2.49. The predicted molar refractivity (Wildman–Crippen MR) is 142 cm³/mol. The van der Waals surface area contributed by atoms with E-state index in [0.717, 1.165) is 0 Å². The molecule has 39 heavy (non-hydrogen) atoms. The maximum Gasteiger partial charge on any atom is 0.256 e. The van der Waals surface area contributed by atoms with Crippen LogP contribution >= 0.6 is 0 Å². The lowest BCUT2D eigenvalue weighted by molar-refractivity contribution is 0.0303. The SMILES string of the molecule is O=C(Nc1ccc(N2CCN(C(=O)c3cccc(F)c3)CC2)c(C(=O)N2CCOCC2)c1)c1ccc(F)cc1. The Bertz CT molecular complexity index is 1370. The fourth-order valence-corrected chi connectivity index (χ4v) is 4.76. The summed E-state index contributed by atoms with van der Waals surface area (Å²) >= 11 is 0. The molecule has 202 valence electrons. The first-order valence-corrected chi connectivity index (χ1v) is 12.8. The van der Waals surface area contributed by atoms with Crippen LogP contribution in [0.4, 0.5) is 20.2 Å². The van der Waals surface area contributed by atoms with E-state index in [9.17, 15) is 23.2 Å². The van der Waals surface area contributed by atoms with Crippen LogP contribution in [0.5, 0.6) is 0 Å². The highest BCUT2D eigenvalue weighted by atomic mass is 19.1. The molecule has 3 amide bonds. The first-order chi connectivity index (χ1) is 18.9. The molecule has 1 N–H and O–H groups in total. The standard InChI is InChI=1S/C29H28F2N4O4/c30-22-6-4-20(5-7-22)27(36)32-24-8-9-26(25(19-24)29(38)35-14-16-39-17-15-35)33-10-12-34(13-11-33)28(37)21-2-1-3-23(31)18-21/h1-9,18-19H,10-17H2,(H,32,36). The number of nitrogens with one attached hydrogen (secondary N) is 1. The summed E-state index contributed by atoms with van der Waals surface area (Å²) in [6, 6.07) is 16.0. The van der Waals surface area contributed by atoms with Crippen LogP contribution < -0.4 is 10.2 Å². The third-order valence-corrected chi connectivity index (χ3v) is 6.87. The number of rotatable bonds is 5. The number of carbonyl (C=O) groups excluding carboxylic acids is 3. The molecule has 0 bridgehead atoms. The molecule has 0 radical (unpaired) electrons. The van der Waals surface area contributed by atoms with Gasteiger partial charge in [0.1, 0.15) is 11.6 Å². The van der Waals surface area contributed by atoms with Gasteiger partial charge in [-0.1, -0.05) is 6.07 Å². The van der Waals surface area contributed by atoms with Crippen molar-refractivity contribution >= 4 is 29.1 Å². The number of nitrogens with zero attached hydrogens (tertiary/aromatic N) is 3. The van der Waals surface area contributed by atoms with Crippen molar-refractivity contribution < 1.29 is 27.9 Å². The molecule has 0 spiro atoms. The monoisotopic (exact) mass is 534 g/mol. The summed E-state index contributed by atoms with van der Waals surface area (Å²) < 4.78 is 32.3. The molecule has 2 fully saturated rings. The maximum absolute atomic E-state index is 13.6. The van der Waals surface area contributed by atoms with Crippen molar-refractivity contribution in [3.05, 3.63) is 95.1 Å². The normalized spacial score (nSPS) is 15.7. The fraction of sp³-hybridized carbons (Fsp3) is 0.276. The van der Waals surface area contributed by atoms with Gasteiger partial charge in [0.15, 0.2) is 0 Å². The Balaban J connectivity index is 1.35. The Morgan fingerprint density at radius 2 is 1.38 bits per heavy atom. The van der Waals surface area contributed by atoms with Gasteiger partial charge in [0.25, 0.3) is 17.7 Å². The summed E-state index contributed by atoms with van der Waals surface area (Å²) in [5.41, 5.74) is 2.15. The van der Waals surface area contributed by atoms with Gasteiger partial charge >= 0.3 is 0 Å². The molecular weight excluding hydrogens is 506 g/mol. The van der Waals surface area contributed by atoms with Gasteiger partial charge in [-0.3, -0.25) is 14.4 Å². The van der Waals surface area contributed by atoms with Gasteiger partial charge in [0, 0.05) is 61.8 Å². The van der Waals surface area contributed by atoms with Crippen molar-refractivity contribution in [2.45, 2.75) is 0 Å². The van der Waals surface area contributed by atoms with Crippen molar-refractivity contribution in [3.8, 4) is 0 Å². The van der Waals surface area contributed by atoms with E-state index in [0.29, 0.717) is 80.5 Å². The van der Waals surface area contributed by atoms with Crippen molar-refractivity contribution in [3.63, 3.8) is 0 Å². The number of anilines is 2. The van der Waals surface area contributed by atoms with Gasteiger partial charge < -0.3 is 24.8 Å². The van der Waals surface area contributed by atoms with E-state index in [4.69, 9.17) is 4.74 Å². The highest BCUT2D eigenvalue weighted by Crippen LogP contribution is 2.28. The van der Waals surface area contributed by atoms with Crippen LogP contribution in [0.15, 0.2) is 66.7 Å². The minimum absolute atomic E-state index is 0.176. The Kier molecular flexibility index (Phi) is 7.83. The van der Waals surface area contributed by atoms with Gasteiger partial charge in [-0.15, -0.1) is 0 Å². The predicted octanol–water partition coefficient (Wildman–Crippen LogP) is 3.65. The number of carbonyl (C=O) groups is 3. The second-order valence-electron chi connectivity index (χ2n) is 9.39. The Labute approximate surface area is 224 Å². The van der Waals surface area contributed by atoms with Crippen LogP contribution in [0.25, 0.3) is 0 Å². The van der Waals surface area contributed by atoms with E-state index in [1.807, 2.05) is 4.90 Å². The summed E-state index contributed by atoms with van der Waals surface area (Å²) in [4.78, 5) is 44.6. The number of hydrogen-bond acceptors (Lipinski definition) is 5. The molecule has 0 atom stereocenters. The van der Waals surface area contributed by atoms with Crippen molar-refractivity contribution in [2.75, 3.05) is 62.7 Å². The molecule has 5 rings (SSSR count). The molecule has 0 saturated carbocycles.